The van der Waals surface area contributed by atoms with Gasteiger partial charge < -0.3 is 10.2 Å². The van der Waals surface area contributed by atoms with E-state index in [9.17, 15) is 9.90 Å². The van der Waals surface area contributed by atoms with Crippen molar-refractivity contribution in [2.45, 2.75) is 13.5 Å². The summed E-state index contributed by atoms with van der Waals surface area (Å²) in [5, 5.41) is 18.4. The SMILES string of the molecule is CC(=O)/C=C/c1cccc(O)c1CO. The number of phenols is 1. The van der Waals surface area contributed by atoms with E-state index < -0.39 is 0 Å². The van der Waals surface area contributed by atoms with Crippen molar-refractivity contribution in [3.8, 4) is 5.75 Å². The Balaban J connectivity index is 3.08. The van der Waals surface area contributed by atoms with Crippen molar-refractivity contribution in [2.75, 3.05) is 0 Å². The zero-order valence-corrected chi connectivity index (χ0v) is 7.90. The van der Waals surface area contributed by atoms with Crippen molar-refractivity contribution in [3.63, 3.8) is 0 Å². The third-order valence-electron chi connectivity index (χ3n) is 1.84. The third kappa shape index (κ3) is 2.44. The summed E-state index contributed by atoms with van der Waals surface area (Å²) < 4.78 is 0. The second kappa shape index (κ2) is 4.58. The number of aliphatic hydroxyl groups excluding tert-OH is 1. The summed E-state index contributed by atoms with van der Waals surface area (Å²) in [6.45, 7) is 1.20. The van der Waals surface area contributed by atoms with Crippen LogP contribution in [0.25, 0.3) is 6.08 Å². The van der Waals surface area contributed by atoms with Gasteiger partial charge in [0, 0.05) is 5.56 Å². The highest BCUT2D eigenvalue weighted by molar-refractivity contribution is 5.91. The Labute approximate surface area is 82.3 Å². The van der Waals surface area contributed by atoms with Gasteiger partial charge in [0.25, 0.3) is 0 Å². The molecule has 0 fully saturated rings. The first-order chi connectivity index (χ1) is 6.65. The van der Waals surface area contributed by atoms with Gasteiger partial charge in [-0.3, -0.25) is 4.79 Å². The van der Waals surface area contributed by atoms with Gasteiger partial charge >= 0.3 is 0 Å². The fourth-order valence-corrected chi connectivity index (χ4v) is 1.13. The molecule has 0 amide bonds. The molecule has 14 heavy (non-hydrogen) atoms. The van der Waals surface area contributed by atoms with E-state index in [2.05, 4.69) is 0 Å². The minimum absolute atomic E-state index is 0.0400. The number of benzene rings is 1. The van der Waals surface area contributed by atoms with E-state index in [-0.39, 0.29) is 18.1 Å². The summed E-state index contributed by atoms with van der Waals surface area (Å²) in [5.41, 5.74) is 1.09. The van der Waals surface area contributed by atoms with Crippen molar-refractivity contribution in [3.05, 3.63) is 35.4 Å². The van der Waals surface area contributed by atoms with Gasteiger partial charge in [0.05, 0.1) is 6.61 Å². The Morgan fingerprint density at radius 1 is 1.50 bits per heavy atom. The number of hydrogen-bond donors (Lipinski definition) is 2. The molecule has 0 atom stereocenters. The Kier molecular flexibility index (Phi) is 3.42. The molecule has 0 aliphatic rings. The first-order valence-electron chi connectivity index (χ1n) is 4.25. The van der Waals surface area contributed by atoms with Crippen LogP contribution < -0.4 is 0 Å². The van der Waals surface area contributed by atoms with Crippen molar-refractivity contribution in [1.82, 2.24) is 0 Å². The molecular formula is C11H12O3. The number of carbonyl (C=O) groups excluding carboxylic acids is 1. The van der Waals surface area contributed by atoms with Gasteiger partial charge in [-0.05, 0) is 24.6 Å². The standard InChI is InChI=1S/C11H12O3/c1-8(13)5-6-9-3-2-4-11(14)10(9)7-12/h2-6,12,14H,7H2,1H3/b6-5+. The molecule has 0 radical (unpaired) electrons. The zero-order chi connectivity index (χ0) is 10.6. The second-order valence-corrected chi connectivity index (χ2v) is 2.95. The number of ketones is 1. The van der Waals surface area contributed by atoms with Crippen molar-refractivity contribution < 1.29 is 15.0 Å². The number of carbonyl (C=O) groups is 1. The van der Waals surface area contributed by atoms with Crippen molar-refractivity contribution >= 4 is 11.9 Å². The van der Waals surface area contributed by atoms with Gasteiger partial charge in [-0.1, -0.05) is 18.2 Å². The van der Waals surface area contributed by atoms with Crippen LogP contribution in [-0.4, -0.2) is 16.0 Å². The molecule has 0 spiro atoms. The summed E-state index contributed by atoms with van der Waals surface area (Å²) in [5.74, 6) is -0.0320. The predicted octanol–water partition coefficient (Wildman–Crippen LogP) is 1.49. The van der Waals surface area contributed by atoms with Crippen LogP contribution in [-0.2, 0) is 11.4 Å². The molecule has 0 bridgehead atoms. The fourth-order valence-electron chi connectivity index (χ4n) is 1.13. The van der Waals surface area contributed by atoms with Gasteiger partial charge in [0.1, 0.15) is 5.75 Å². The molecule has 3 heteroatoms. The molecule has 1 aromatic rings. The minimum Gasteiger partial charge on any atom is -0.508 e. The third-order valence-corrected chi connectivity index (χ3v) is 1.84. The molecule has 0 saturated carbocycles. The van der Waals surface area contributed by atoms with Crippen LogP contribution in [0, 0.1) is 0 Å². The monoisotopic (exact) mass is 192 g/mol. The first kappa shape index (κ1) is 10.5. The van der Waals surface area contributed by atoms with Crippen LogP contribution >= 0.6 is 0 Å². The fraction of sp³-hybridized carbons (Fsp3) is 0.182. The molecule has 3 nitrogen and oxygen atoms in total. The normalized spacial score (nSPS) is 10.7. The number of hydrogen-bond acceptors (Lipinski definition) is 3. The number of aliphatic hydroxyl groups is 1. The molecule has 74 valence electrons. The van der Waals surface area contributed by atoms with Gasteiger partial charge in [0.2, 0.25) is 0 Å². The lowest BCUT2D eigenvalue weighted by atomic mass is 10.1. The number of rotatable bonds is 3. The van der Waals surface area contributed by atoms with Gasteiger partial charge in [-0.15, -0.1) is 0 Å². The highest BCUT2D eigenvalue weighted by Gasteiger charge is 2.03. The van der Waals surface area contributed by atoms with E-state index in [1.165, 1.54) is 19.1 Å². The van der Waals surface area contributed by atoms with Gasteiger partial charge in [-0.25, -0.2) is 0 Å². The number of aromatic hydroxyl groups is 1. The maximum atomic E-state index is 10.7. The lowest BCUT2D eigenvalue weighted by Gasteiger charge is -2.04. The highest BCUT2D eigenvalue weighted by Crippen LogP contribution is 2.21. The molecule has 1 rings (SSSR count). The molecule has 0 heterocycles. The van der Waals surface area contributed by atoms with Crippen LogP contribution in [0.2, 0.25) is 0 Å². The Morgan fingerprint density at radius 2 is 2.21 bits per heavy atom. The molecule has 0 saturated heterocycles. The van der Waals surface area contributed by atoms with Crippen LogP contribution in [0.3, 0.4) is 0 Å². The van der Waals surface area contributed by atoms with Crippen LogP contribution in [0.1, 0.15) is 18.1 Å². The van der Waals surface area contributed by atoms with E-state index in [0.29, 0.717) is 11.1 Å². The Bertz CT molecular complexity index is 367. The topological polar surface area (TPSA) is 57.5 Å². The van der Waals surface area contributed by atoms with Crippen molar-refractivity contribution in [1.29, 1.82) is 0 Å². The summed E-state index contributed by atoms with van der Waals surface area (Å²) in [7, 11) is 0. The van der Waals surface area contributed by atoms with E-state index >= 15 is 0 Å². The van der Waals surface area contributed by atoms with Crippen LogP contribution in [0.5, 0.6) is 5.75 Å². The van der Waals surface area contributed by atoms with Crippen LogP contribution in [0.15, 0.2) is 24.3 Å². The Morgan fingerprint density at radius 3 is 2.79 bits per heavy atom. The second-order valence-electron chi connectivity index (χ2n) is 2.95. The average Bonchev–Trinajstić information content (AvgIpc) is 2.14. The summed E-state index contributed by atoms with van der Waals surface area (Å²) >= 11 is 0. The van der Waals surface area contributed by atoms with E-state index in [1.807, 2.05) is 0 Å². The lowest BCUT2D eigenvalue weighted by molar-refractivity contribution is -0.112. The van der Waals surface area contributed by atoms with Crippen molar-refractivity contribution in [2.24, 2.45) is 0 Å². The minimum atomic E-state index is -0.246. The number of allylic oxidation sites excluding steroid dienone is 1. The molecule has 0 unspecified atom stereocenters. The molecule has 0 aromatic heterocycles. The maximum Gasteiger partial charge on any atom is 0.152 e. The van der Waals surface area contributed by atoms with E-state index in [4.69, 9.17) is 5.11 Å². The summed E-state index contributed by atoms with van der Waals surface area (Å²) in [6, 6.07) is 4.88. The molecule has 0 aliphatic heterocycles. The van der Waals surface area contributed by atoms with E-state index in [1.54, 1.807) is 18.2 Å². The van der Waals surface area contributed by atoms with Gasteiger partial charge in [0.15, 0.2) is 5.78 Å². The first-order valence-corrected chi connectivity index (χ1v) is 4.25. The summed E-state index contributed by atoms with van der Waals surface area (Å²) in [6.07, 6.45) is 2.97. The lowest BCUT2D eigenvalue weighted by Crippen LogP contribution is -1.89. The van der Waals surface area contributed by atoms with E-state index in [0.717, 1.165) is 0 Å². The molecule has 0 aliphatic carbocycles. The Hall–Kier alpha value is -1.61. The zero-order valence-electron chi connectivity index (χ0n) is 7.90. The maximum absolute atomic E-state index is 10.7. The average molecular weight is 192 g/mol. The molecular weight excluding hydrogens is 180 g/mol. The van der Waals surface area contributed by atoms with Gasteiger partial charge in [-0.2, -0.15) is 0 Å². The summed E-state index contributed by atoms with van der Waals surface area (Å²) in [4.78, 5) is 10.7. The largest absolute Gasteiger partial charge is 0.508 e. The quantitative estimate of drug-likeness (QED) is 0.713. The smallest absolute Gasteiger partial charge is 0.152 e. The van der Waals surface area contributed by atoms with Crippen LogP contribution in [0.4, 0.5) is 0 Å². The molecule has 1 aromatic carbocycles. The molecule has 2 N–H and O–H groups in total. The highest BCUT2D eigenvalue weighted by atomic mass is 16.3. The predicted molar refractivity (Wildman–Crippen MR) is 53.7 cm³/mol.